The van der Waals surface area contributed by atoms with Gasteiger partial charge in [-0.05, 0) is 42.8 Å². The molecule has 130 valence electrons. The van der Waals surface area contributed by atoms with Gasteiger partial charge in [-0.15, -0.1) is 0 Å². The quantitative estimate of drug-likeness (QED) is 0.673. The van der Waals surface area contributed by atoms with Crippen LogP contribution in [-0.4, -0.2) is 30.7 Å². The molecule has 2 aromatic carbocycles. The maximum Gasteiger partial charge on any atom is 0.240 e. The monoisotopic (exact) mass is 338 g/mol. The van der Waals surface area contributed by atoms with Crippen LogP contribution in [0.3, 0.4) is 0 Å². The van der Waals surface area contributed by atoms with Crippen LogP contribution in [0, 0.1) is 6.92 Å². The number of para-hydroxylation sites is 1. The molecule has 25 heavy (non-hydrogen) atoms. The SMILES string of the molecule is COc1ccc2c(ccn2CC(=O)NCCOc2ccccc2C)c1. The van der Waals surface area contributed by atoms with Gasteiger partial charge < -0.3 is 19.4 Å². The molecule has 0 atom stereocenters. The van der Waals surface area contributed by atoms with Crippen molar-refractivity contribution in [1.82, 2.24) is 9.88 Å². The molecule has 1 aromatic heterocycles. The van der Waals surface area contributed by atoms with Crippen LogP contribution in [0.15, 0.2) is 54.7 Å². The predicted octanol–water partition coefficient (Wildman–Crippen LogP) is 3.15. The molecular weight excluding hydrogens is 316 g/mol. The Bertz CT molecular complexity index is 870. The van der Waals surface area contributed by atoms with Crippen molar-refractivity contribution in [3.05, 3.63) is 60.3 Å². The van der Waals surface area contributed by atoms with Crippen molar-refractivity contribution in [1.29, 1.82) is 0 Å². The standard InChI is InChI=1S/C20H22N2O3/c1-15-5-3-4-6-19(15)25-12-10-21-20(23)14-22-11-9-16-13-17(24-2)7-8-18(16)22/h3-9,11,13H,10,12,14H2,1-2H3,(H,21,23). The lowest BCUT2D eigenvalue weighted by molar-refractivity contribution is -0.121. The number of aryl methyl sites for hydroxylation is 1. The van der Waals surface area contributed by atoms with Crippen molar-refractivity contribution >= 4 is 16.8 Å². The van der Waals surface area contributed by atoms with Crippen LogP contribution in [0.25, 0.3) is 10.9 Å². The zero-order chi connectivity index (χ0) is 17.6. The summed E-state index contributed by atoms with van der Waals surface area (Å²) in [6, 6.07) is 15.6. The van der Waals surface area contributed by atoms with Crippen molar-refractivity contribution in [3.8, 4) is 11.5 Å². The summed E-state index contributed by atoms with van der Waals surface area (Å²) in [7, 11) is 1.64. The van der Waals surface area contributed by atoms with Crippen LogP contribution >= 0.6 is 0 Å². The Hall–Kier alpha value is -2.95. The fraction of sp³-hybridized carbons (Fsp3) is 0.250. The Morgan fingerprint density at radius 1 is 1.16 bits per heavy atom. The van der Waals surface area contributed by atoms with Crippen LogP contribution < -0.4 is 14.8 Å². The Kier molecular flexibility index (Phi) is 5.23. The fourth-order valence-corrected chi connectivity index (χ4v) is 2.72. The van der Waals surface area contributed by atoms with E-state index < -0.39 is 0 Å². The number of methoxy groups -OCH3 is 1. The second kappa shape index (κ2) is 7.75. The molecule has 0 unspecified atom stereocenters. The van der Waals surface area contributed by atoms with Crippen molar-refractivity contribution in [2.24, 2.45) is 0 Å². The Morgan fingerprint density at radius 3 is 2.80 bits per heavy atom. The maximum absolute atomic E-state index is 12.1. The second-order valence-corrected chi connectivity index (χ2v) is 5.83. The molecule has 1 N–H and O–H groups in total. The number of hydrogen-bond acceptors (Lipinski definition) is 3. The number of fused-ring (bicyclic) bond motifs is 1. The van der Waals surface area contributed by atoms with Gasteiger partial charge in [-0.1, -0.05) is 18.2 Å². The van der Waals surface area contributed by atoms with Crippen LogP contribution in [-0.2, 0) is 11.3 Å². The van der Waals surface area contributed by atoms with E-state index in [1.807, 2.05) is 66.2 Å². The van der Waals surface area contributed by atoms with Crippen molar-refractivity contribution in [3.63, 3.8) is 0 Å². The second-order valence-electron chi connectivity index (χ2n) is 5.83. The average molecular weight is 338 g/mol. The van der Waals surface area contributed by atoms with E-state index in [1.54, 1.807) is 7.11 Å². The highest BCUT2D eigenvalue weighted by Gasteiger charge is 2.07. The summed E-state index contributed by atoms with van der Waals surface area (Å²) in [5.74, 6) is 1.62. The van der Waals surface area contributed by atoms with Gasteiger partial charge in [0.2, 0.25) is 5.91 Å². The number of carbonyl (C=O) groups excluding carboxylic acids is 1. The molecular formula is C20H22N2O3. The minimum Gasteiger partial charge on any atom is -0.497 e. The van der Waals surface area contributed by atoms with Gasteiger partial charge in [0.15, 0.2) is 0 Å². The zero-order valence-corrected chi connectivity index (χ0v) is 14.5. The molecule has 5 heteroatoms. The third-order valence-corrected chi connectivity index (χ3v) is 4.07. The largest absolute Gasteiger partial charge is 0.497 e. The fourth-order valence-electron chi connectivity index (χ4n) is 2.72. The average Bonchev–Trinajstić information content (AvgIpc) is 3.02. The first-order valence-corrected chi connectivity index (χ1v) is 8.25. The highest BCUT2D eigenvalue weighted by Crippen LogP contribution is 2.21. The smallest absolute Gasteiger partial charge is 0.240 e. The van der Waals surface area contributed by atoms with Crippen LogP contribution in [0.4, 0.5) is 0 Å². The summed E-state index contributed by atoms with van der Waals surface area (Å²) in [6.45, 7) is 3.20. The molecule has 5 nitrogen and oxygen atoms in total. The van der Waals surface area contributed by atoms with Gasteiger partial charge in [-0.2, -0.15) is 0 Å². The molecule has 3 aromatic rings. The summed E-state index contributed by atoms with van der Waals surface area (Å²) < 4.78 is 12.8. The summed E-state index contributed by atoms with van der Waals surface area (Å²) in [4.78, 5) is 12.1. The number of hydrogen-bond donors (Lipinski definition) is 1. The molecule has 0 aliphatic heterocycles. The number of aromatic nitrogens is 1. The van der Waals surface area contributed by atoms with E-state index in [0.717, 1.165) is 28.0 Å². The Balaban J connectivity index is 1.50. The first kappa shape index (κ1) is 16.9. The number of carbonyl (C=O) groups is 1. The number of ether oxygens (including phenoxy) is 2. The molecule has 0 radical (unpaired) electrons. The summed E-state index contributed by atoms with van der Waals surface area (Å²) in [6.07, 6.45) is 1.91. The van der Waals surface area contributed by atoms with Gasteiger partial charge in [-0.3, -0.25) is 4.79 Å². The van der Waals surface area contributed by atoms with Gasteiger partial charge in [0.05, 0.1) is 13.7 Å². The van der Waals surface area contributed by atoms with E-state index >= 15 is 0 Å². The highest BCUT2D eigenvalue weighted by atomic mass is 16.5. The lowest BCUT2D eigenvalue weighted by atomic mass is 10.2. The number of nitrogens with zero attached hydrogens (tertiary/aromatic N) is 1. The van der Waals surface area contributed by atoms with Crippen molar-refractivity contribution < 1.29 is 14.3 Å². The predicted molar refractivity (Wildman–Crippen MR) is 98.2 cm³/mol. The topological polar surface area (TPSA) is 52.5 Å². The van der Waals surface area contributed by atoms with Crippen LogP contribution in [0.1, 0.15) is 5.56 Å². The Morgan fingerprint density at radius 2 is 2.00 bits per heavy atom. The van der Waals surface area contributed by atoms with Gasteiger partial charge in [0.1, 0.15) is 24.7 Å². The van der Waals surface area contributed by atoms with Crippen LogP contribution in [0.2, 0.25) is 0 Å². The van der Waals surface area contributed by atoms with Crippen molar-refractivity contribution in [2.75, 3.05) is 20.3 Å². The molecule has 0 spiro atoms. The van der Waals surface area contributed by atoms with Crippen LogP contribution in [0.5, 0.6) is 11.5 Å². The number of amides is 1. The van der Waals surface area contributed by atoms with Gasteiger partial charge in [-0.25, -0.2) is 0 Å². The minimum absolute atomic E-state index is 0.0401. The third kappa shape index (κ3) is 4.12. The minimum atomic E-state index is -0.0401. The molecule has 1 heterocycles. The zero-order valence-electron chi connectivity index (χ0n) is 14.5. The lowest BCUT2D eigenvalue weighted by Crippen LogP contribution is -2.31. The number of benzene rings is 2. The molecule has 1 amide bonds. The lowest BCUT2D eigenvalue weighted by Gasteiger charge is -2.10. The number of nitrogens with one attached hydrogen (secondary N) is 1. The summed E-state index contributed by atoms with van der Waals surface area (Å²) in [5, 5.41) is 3.94. The first-order valence-electron chi connectivity index (χ1n) is 8.25. The molecule has 0 aliphatic carbocycles. The summed E-state index contributed by atoms with van der Waals surface area (Å²) >= 11 is 0. The highest BCUT2D eigenvalue weighted by molar-refractivity contribution is 5.84. The van der Waals surface area contributed by atoms with E-state index in [9.17, 15) is 4.79 Å². The normalized spacial score (nSPS) is 10.6. The molecule has 0 saturated heterocycles. The first-order chi connectivity index (χ1) is 12.2. The van der Waals surface area contributed by atoms with E-state index in [-0.39, 0.29) is 12.5 Å². The van der Waals surface area contributed by atoms with Gasteiger partial charge >= 0.3 is 0 Å². The van der Waals surface area contributed by atoms with E-state index in [4.69, 9.17) is 9.47 Å². The molecule has 3 rings (SSSR count). The Labute approximate surface area is 147 Å². The van der Waals surface area contributed by atoms with Gasteiger partial charge in [0.25, 0.3) is 0 Å². The van der Waals surface area contributed by atoms with Gasteiger partial charge in [0, 0.05) is 17.1 Å². The van der Waals surface area contributed by atoms with Crippen molar-refractivity contribution in [2.45, 2.75) is 13.5 Å². The maximum atomic E-state index is 12.1. The molecule has 0 fully saturated rings. The molecule has 0 bridgehead atoms. The van der Waals surface area contributed by atoms with E-state index in [0.29, 0.717) is 13.2 Å². The summed E-state index contributed by atoms with van der Waals surface area (Å²) in [5.41, 5.74) is 2.09. The molecule has 0 saturated carbocycles. The van der Waals surface area contributed by atoms with E-state index in [1.165, 1.54) is 0 Å². The van der Waals surface area contributed by atoms with E-state index in [2.05, 4.69) is 5.32 Å². The number of rotatable bonds is 7. The molecule has 0 aliphatic rings. The third-order valence-electron chi connectivity index (χ3n) is 4.07.